The molecule has 1 aliphatic heterocycles. The minimum atomic E-state index is -0.236. The lowest BCUT2D eigenvalue weighted by molar-refractivity contribution is -0.160. The number of carbonyl (C=O) groups excluding carboxylic acids is 1. The molecule has 1 saturated carbocycles. The van der Waals surface area contributed by atoms with E-state index < -0.39 is 0 Å². The molecule has 1 heterocycles. The Hall–Kier alpha value is -0.650. The molecule has 2 fully saturated rings. The molecule has 110 valence electrons. The summed E-state index contributed by atoms with van der Waals surface area (Å²) < 4.78 is 16.4. The highest BCUT2D eigenvalue weighted by Gasteiger charge is 2.25. The van der Waals surface area contributed by atoms with Crippen LogP contribution in [0.4, 0.5) is 0 Å². The Balaban J connectivity index is 1.63. The van der Waals surface area contributed by atoms with Gasteiger partial charge in [-0.3, -0.25) is 0 Å². The number of esters is 1. The molecule has 0 amide bonds. The molecule has 2 aliphatic rings. The molecule has 2 rings (SSSR count). The van der Waals surface area contributed by atoms with Crippen LogP contribution in [0.15, 0.2) is 0 Å². The minimum Gasteiger partial charge on any atom is -0.461 e. The van der Waals surface area contributed by atoms with Gasteiger partial charge in [-0.1, -0.05) is 0 Å². The monoisotopic (exact) mass is 271 g/mol. The first-order valence-corrected chi connectivity index (χ1v) is 7.32. The highest BCUT2D eigenvalue weighted by molar-refractivity contribution is 5.70. The zero-order chi connectivity index (χ0) is 13.5. The number of piperidine rings is 1. The van der Waals surface area contributed by atoms with Crippen LogP contribution < -0.4 is 5.32 Å². The zero-order valence-corrected chi connectivity index (χ0v) is 11.7. The van der Waals surface area contributed by atoms with E-state index >= 15 is 0 Å². The Bertz CT molecular complexity index is 279. The van der Waals surface area contributed by atoms with E-state index in [1.165, 1.54) is 0 Å². The fourth-order valence-electron chi connectivity index (χ4n) is 2.79. The van der Waals surface area contributed by atoms with E-state index in [4.69, 9.17) is 14.2 Å². The molecule has 0 aromatic rings. The second-order valence-corrected chi connectivity index (χ2v) is 5.40. The van der Waals surface area contributed by atoms with E-state index in [-0.39, 0.29) is 30.9 Å². The lowest BCUT2D eigenvalue weighted by Gasteiger charge is -2.28. The molecule has 2 unspecified atom stereocenters. The van der Waals surface area contributed by atoms with Crippen molar-refractivity contribution < 1.29 is 19.0 Å². The molecule has 0 aromatic carbocycles. The van der Waals surface area contributed by atoms with Gasteiger partial charge in [-0.2, -0.15) is 0 Å². The van der Waals surface area contributed by atoms with Crippen molar-refractivity contribution in [1.82, 2.24) is 5.32 Å². The Morgan fingerprint density at radius 1 is 1.11 bits per heavy atom. The smallest absolute Gasteiger partial charge is 0.332 e. The average Bonchev–Trinajstić information content (AvgIpc) is 2.46. The van der Waals surface area contributed by atoms with Gasteiger partial charge in [-0.15, -0.1) is 0 Å². The predicted molar refractivity (Wildman–Crippen MR) is 71.0 cm³/mol. The summed E-state index contributed by atoms with van der Waals surface area (Å²) in [6.07, 6.45) is 6.27. The van der Waals surface area contributed by atoms with Crippen LogP contribution in [0.5, 0.6) is 0 Å². The van der Waals surface area contributed by atoms with Crippen molar-refractivity contribution in [1.29, 1.82) is 0 Å². The van der Waals surface area contributed by atoms with Crippen LogP contribution in [0.1, 0.15) is 38.5 Å². The summed E-state index contributed by atoms with van der Waals surface area (Å²) in [4.78, 5) is 11.7. The van der Waals surface area contributed by atoms with Crippen molar-refractivity contribution in [3.8, 4) is 0 Å². The third kappa shape index (κ3) is 5.09. The molecule has 19 heavy (non-hydrogen) atoms. The van der Waals surface area contributed by atoms with E-state index in [9.17, 15) is 4.79 Å². The highest BCUT2D eigenvalue weighted by Crippen LogP contribution is 2.23. The molecule has 5 heteroatoms. The maximum Gasteiger partial charge on any atom is 0.332 e. The van der Waals surface area contributed by atoms with E-state index in [1.54, 1.807) is 7.11 Å². The second kappa shape index (κ2) is 7.82. The van der Waals surface area contributed by atoms with Gasteiger partial charge in [0.05, 0.1) is 12.2 Å². The standard InChI is InChI=1S/C14H25NO4/c1-17-12-3-2-4-13(9-12)19-14(16)10-18-11-5-7-15-8-6-11/h11-13,15H,2-10H2,1H3. The first-order chi connectivity index (χ1) is 9.28. The molecular formula is C14H25NO4. The van der Waals surface area contributed by atoms with Crippen LogP contribution >= 0.6 is 0 Å². The first-order valence-electron chi connectivity index (χ1n) is 7.32. The maximum atomic E-state index is 11.7. The van der Waals surface area contributed by atoms with Gasteiger partial charge in [0.15, 0.2) is 0 Å². The third-order valence-electron chi connectivity index (χ3n) is 3.93. The predicted octanol–water partition coefficient (Wildman–Crippen LogP) is 1.26. The van der Waals surface area contributed by atoms with Crippen LogP contribution in [0, 0.1) is 0 Å². The van der Waals surface area contributed by atoms with Crippen LogP contribution in [-0.2, 0) is 19.0 Å². The van der Waals surface area contributed by atoms with Crippen molar-refractivity contribution in [2.45, 2.75) is 56.8 Å². The van der Waals surface area contributed by atoms with Crippen LogP contribution in [0.2, 0.25) is 0 Å². The van der Waals surface area contributed by atoms with Crippen molar-refractivity contribution in [2.24, 2.45) is 0 Å². The van der Waals surface area contributed by atoms with Gasteiger partial charge in [0.1, 0.15) is 12.7 Å². The van der Waals surface area contributed by atoms with E-state index in [0.29, 0.717) is 0 Å². The van der Waals surface area contributed by atoms with E-state index in [1.807, 2.05) is 0 Å². The van der Waals surface area contributed by atoms with Gasteiger partial charge in [-0.05, 0) is 45.2 Å². The number of nitrogens with one attached hydrogen (secondary N) is 1. The summed E-state index contributed by atoms with van der Waals surface area (Å²) in [5, 5.41) is 3.27. The minimum absolute atomic E-state index is 0.00261. The largest absolute Gasteiger partial charge is 0.461 e. The van der Waals surface area contributed by atoms with Gasteiger partial charge < -0.3 is 19.5 Å². The van der Waals surface area contributed by atoms with Crippen LogP contribution in [0.3, 0.4) is 0 Å². The number of ether oxygens (including phenoxy) is 3. The molecule has 1 saturated heterocycles. The van der Waals surface area contributed by atoms with Gasteiger partial charge in [0, 0.05) is 13.5 Å². The van der Waals surface area contributed by atoms with Gasteiger partial charge >= 0.3 is 5.97 Å². The van der Waals surface area contributed by atoms with Gasteiger partial charge in [-0.25, -0.2) is 4.79 Å². The molecule has 5 nitrogen and oxygen atoms in total. The summed E-state index contributed by atoms with van der Waals surface area (Å²) in [5.41, 5.74) is 0. The SMILES string of the molecule is COC1CCCC(OC(=O)COC2CCNCC2)C1. The number of hydrogen-bond donors (Lipinski definition) is 1. The molecule has 1 N–H and O–H groups in total. The fraction of sp³-hybridized carbons (Fsp3) is 0.929. The normalized spacial score (nSPS) is 29.1. The highest BCUT2D eigenvalue weighted by atomic mass is 16.6. The topological polar surface area (TPSA) is 56.8 Å². The molecule has 0 aromatic heterocycles. The molecule has 0 spiro atoms. The number of methoxy groups -OCH3 is 1. The number of carbonyl (C=O) groups is 1. The van der Waals surface area contributed by atoms with E-state index in [0.717, 1.165) is 51.6 Å². The first kappa shape index (κ1) is 14.8. The van der Waals surface area contributed by atoms with E-state index in [2.05, 4.69) is 5.32 Å². The summed E-state index contributed by atoms with van der Waals surface area (Å²) in [7, 11) is 1.72. The number of hydrogen-bond acceptors (Lipinski definition) is 5. The van der Waals surface area contributed by atoms with Crippen molar-refractivity contribution >= 4 is 5.97 Å². The maximum absolute atomic E-state index is 11.7. The summed E-state index contributed by atoms with van der Waals surface area (Å²) in [6.45, 7) is 2.02. The Kier molecular flexibility index (Phi) is 6.07. The molecule has 0 radical (unpaired) electrons. The summed E-state index contributed by atoms with van der Waals surface area (Å²) in [6, 6.07) is 0. The van der Waals surface area contributed by atoms with Crippen molar-refractivity contribution in [3.05, 3.63) is 0 Å². The second-order valence-electron chi connectivity index (χ2n) is 5.40. The third-order valence-corrected chi connectivity index (χ3v) is 3.93. The molecule has 2 atom stereocenters. The van der Waals surface area contributed by atoms with Gasteiger partial charge in [0.25, 0.3) is 0 Å². The average molecular weight is 271 g/mol. The Morgan fingerprint density at radius 3 is 2.58 bits per heavy atom. The Labute approximate surface area is 115 Å². The number of rotatable bonds is 5. The summed E-state index contributed by atoms with van der Waals surface area (Å²) >= 11 is 0. The molecule has 0 bridgehead atoms. The molecule has 1 aliphatic carbocycles. The summed E-state index contributed by atoms with van der Waals surface area (Å²) in [5.74, 6) is -0.236. The van der Waals surface area contributed by atoms with Gasteiger partial charge in [0.2, 0.25) is 0 Å². The van der Waals surface area contributed by atoms with Crippen molar-refractivity contribution in [2.75, 3.05) is 26.8 Å². The van der Waals surface area contributed by atoms with Crippen LogP contribution in [-0.4, -0.2) is 51.1 Å². The van der Waals surface area contributed by atoms with Crippen LogP contribution in [0.25, 0.3) is 0 Å². The molecular weight excluding hydrogens is 246 g/mol. The Morgan fingerprint density at radius 2 is 1.84 bits per heavy atom. The lowest BCUT2D eigenvalue weighted by atomic mass is 9.95. The van der Waals surface area contributed by atoms with Crippen molar-refractivity contribution in [3.63, 3.8) is 0 Å². The quantitative estimate of drug-likeness (QED) is 0.763. The fourth-order valence-corrected chi connectivity index (χ4v) is 2.79. The lowest BCUT2D eigenvalue weighted by Crippen LogP contribution is -2.35. The zero-order valence-electron chi connectivity index (χ0n) is 11.7.